The summed E-state index contributed by atoms with van der Waals surface area (Å²) in [6, 6.07) is 0. The van der Waals surface area contributed by atoms with Gasteiger partial charge in [0.25, 0.3) is 0 Å². The summed E-state index contributed by atoms with van der Waals surface area (Å²) in [7, 11) is 0. The van der Waals surface area contributed by atoms with Gasteiger partial charge in [-0.05, 0) is 25.3 Å². The molecule has 0 bridgehead atoms. The molecule has 0 spiro atoms. The van der Waals surface area contributed by atoms with Crippen molar-refractivity contribution in [1.29, 1.82) is 0 Å². The van der Waals surface area contributed by atoms with Gasteiger partial charge >= 0.3 is 5.97 Å². The SMILES string of the molecule is CCC[CH]CCCCCCCCCCCCC(=O)/C=C\C(=O)OCCCC. The maximum atomic E-state index is 11.7. The van der Waals surface area contributed by atoms with Crippen LogP contribution in [-0.4, -0.2) is 18.4 Å². The molecule has 0 heterocycles. The van der Waals surface area contributed by atoms with E-state index in [0.717, 1.165) is 25.7 Å². The van der Waals surface area contributed by atoms with E-state index in [1.807, 2.05) is 6.92 Å². The minimum atomic E-state index is -0.407. The minimum absolute atomic E-state index is 0.0265. The van der Waals surface area contributed by atoms with Crippen LogP contribution in [0.5, 0.6) is 0 Å². The summed E-state index contributed by atoms with van der Waals surface area (Å²) in [5.41, 5.74) is 0. The lowest BCUT2D eigenvalue weighted by Gasteiger charge is -2.03. The molecule has 0 unspecified atom stereocenters. The zero-order valence-electron chi connectivity index (χ0n) is 18.0. The molecule has 3 heteroatoms. The summed E-state index contributed by atoms with van der Waals surface area (Å²) in [6.07, 6.45) is 24.0. The van der Waals surface area contributed by atoms with Gasteiger partial charge < -0.3 is 4.74 Å². The first-order valence-corrected chi connectivity index (χ1v) is 11.4. The minimum Gasteiger partial charge on any atom is -0.463 e. The zero-order chi connectivity index (χ0) is 20.0. The fraction of sp³-hybridized carbons (Fsp3) is 0.792. The molecular formula is C24H43O3. The van der Waals surface area contributed by atoms with Gasteiger partial charge in [-0.2, -0.15) is 0 Å². The van der Waals surface area contributed by atoms with Gasteiger partial charge in [-0.15, -0.1) is 0 Å². The number of rotatable bonds is 20. The zero-order valence-corrected chi connectivity index (χ0v) is 18.0. The molecule has 0 aromatic rings. The number of carbonyl (C=O) groups is 2. The Kier molecular flexibility index (Phi) is 20.3. The van der Waals surface area contributed by atoms with Gasteiger partial charge in [0.05, 0.1) is 6.61 Å². The van der Waals surface area contributed by atoms with Crippen molar-refractivity contribution >= 4 is 11.8 Å². The molecule has 0 rings (SSSR count). The second-order valence-electron chi connectivity index (χ2n) is 7.47. The van der Waals surface area contributed by atoms with Crippen molar-refractivity contribution in [1.82, 2.24) is 0 Å². The largest absolute Gasteiger partial charge is 0.463 e. The van der Waals surface area contributed by atoms with Crippen molar-refractivity contribution in [2.45, 2.75) is 117 Å². The Morgan fingerprint density at radius 2 is 1.26 bits per heavy atom. The normalized spacial score (nSPS) is 11.2. The van der Waals surface area contributed by atoms with Crippen LogP contribution in [0.1, 0.15) is 117 Å². The number of ether oxygens (including phenoxy) is 1. The van der Waals surface area contributed by atoms with Crippen molar-refractivity contribution in [3.8, 4) is 0 Å². The average Bonchev–Trinajstić information content (AvgIpc) is 2.67. The molecule has 0 aliphatic rings. The highest BCUT2D eigenvalue weighted by Crippen LogP contribution is 2.13. The molecule has 1 radical (unpaired) electrons. The fourth-order valence-electron chi connectivity index (χ4n) is 2.96. The third kappa shape index (κ3) is 21.0. The van der Waals surface area contributed by atoms with E-state index in [1.165, 1.54) is 82.8 Å². The Morgan fingerprint density at radius 1 is 0.667 bits per heavy atom. The van der Waals surface area contributed by atoms with Crippen molar-refractivity contribution in [3.63, 3.8) is 0 Å². The standard InChI is InChI=1S/C24H43O3/c1-3-5-7-8-9-10-11-12-13-14-15-16-17-18-19-23(25)20-21-24(26)27-22-6-4-2/h7,20-21H,3-6,8-19,22H2,1-2H3/b21-20-. The quantitative estimate of drug-likeness (QED) is 0.128. The molecule has 0 aromatic heterocycles. The Balaban J connectivity index is 3.31. The molecule has 157 valence electrons. The molecule has 0 N–H and O–H groups in total. The average molecular weight is 380 g/mol. The summed E-state index contributed by atoms with van der Waals surface area (Å²) in [6.45, 7) is 4.72. The Bertz CT molecular complexity index is 374. The summed E-state index contributed by atoms with van der Waals surface area (Å²) in [5, 5.41) is 0. The Labute approximate surface area is 168 Å². The molecule has 0 aromatic carbocycles. The van der Waals surface area contributed by atoms with Crippen LogP contribution in [0.25, 0.3) is 0 Å². The van der Waals surface area contributed by atoms with E-state index in [1.54, 1.807) is 0 Å². The van der Waals surface area contributed by atoms with Gasteiger partial charge in [0.2, 0.25) is 0 Å². The predicted molar refractivity (Wildman–Crippen MR) is 115 cm³/mol. The highest BCUT2D eigenvalue weighted by atomic mass is 16.5. The number of allylic oxidation sites excluding steroid dienone is 1. The molecule has 0 saturated carbocycles. The van der Waals surface area contributed by atoms with Gasteiger partial charge in [0.1, 0.15) is 0 Å². The first-order chi connectivity index (χ1) is 13.2. The van der Waals surface area contributed by atoms with Crippen LogP contribution in [-0.2, 0) is 14.3 Å². The first-order valence-electron chi connectivity index (χ1n) is 11.4. The monoisotopic (exact) mass is 379 g/mol. The van der Waals surface area contributed by atoms with E-state index >= 15 is 0 Å². The first kappa shape index (κ1) is 25.9. The van der Waals surface area contributed by atoms with Crippen molar-refractivity contribution in [3.05, 3.63) is 18.6 Å². The second kappa shape index (κ2) is 21.2. The highest BCUT2D eigenvalue weighted by molar-refractivity contribution is 5.95. The van der Waals surface area contributed by atoms with E-state index in [0.29, 0.717) is 13.0 Å². The van der Waals surface area contributed by atoms with Gasteiger partial charge in [-0.1, -0.05) is 97.3 Å². The van der Waals surface area contributed by atoms with Crippen LogP contribution in [0.15, 0.2) is 12.2 Å². The number of hydrogen-bond donors (Lipinski definition) is 0. The summed E-state index contributed by atoms with van der Waals surface area (Å²) in [4.78, 5) is 23.1. The summed E-state index contributed by atoms with van der Waals surface area (Å²) in [5.74, 6) is -0.380. The summed E-state index contributed by atoms with van der Waals surface area (Å²) >= 11 is 0. The van der Waals surface area contributed by atoms with Crippen LogP contribution in [0.4, 0.5) is 0 Å². The molecule has 0 fully saturated rings. The maximum Gasteiger partial charge on any atom is 0.330 e. The van der Waals surface area contributed by atoms with Gasteiger partial charge in [-0.25, -0.2) is 4.79 Å². The van der Waals surface area contributed by atoms with E-state index in [4.69, 9.17) is 4.74 Å². The van der Waals surface area contributed by atoms with Crippen LogP contribution in [0.3, 0.4) is 0 Å². The third-order valence-electron chi connectivity index (χ3n) is 4.72. The van der Waals surface area contributed by atoms with Crippen molar-refractivity contribution in [2.24, 2.45) is 0 Å². The van der Waals surface area contributed by atoms with E-state index in [-0.39, 0.29) is 5.78 Å². The third-order valence-corrected chi connectivity index (χ3v) is 4.72. The molecular weight excluding hydrogens is 336 g/mol. The van der Waals surface area contributed by atoms with Crippen molar-refractivity contribution < 1.29 is 14.3 Å². The number of carbonyl (C=O) groups excluding carboxylic acids is 2. The molecule has 0 amide bonds. The predicted octanol–water partition coefficient (Wildman–Crippen LogP) is 7.14. The number of ketones is 1. The van der Waals surface area contributed by atoms with Gasteiger partial charge in [0.15, 0.2) is 5.78 Å². The lowest BCUT2D eigenvalue weighted by Crippen LogP contribution is -2.03. The number of unbranched alkanes of at least 4 members (excludes halogenated alkanes) is 14. The molecule has 0 atom stereocenters. The Hall–Kier alpha value is -1.12. The molecule has 3 nitrogen and oxygen atoms in total. The summed E-state index contributed by atoms with van der Waals surface area (Å²) < 4.78 is 4.98. The molecule has 0 aliphatic carbocycles. The Morgan fingerprint density at radius 3 is 1.85 bits per heavy atom. The van der Waals surface area contributed by atoms with Crippen LogP contribution in [0, 0.1) is 6.42 Å². The van der Waals surface area contributed by atoms with E-state index in [9.17, 15) is 9.59 Å². The van der Waals surface area contributed by atoms with Crippen LogP contribution in [0.2, 0.25) is 0 Å². The van der Waals surface area contributed by atoms with E-state index in [2.05, 4.69) is 13.3 Å². The maximum absolute atomic E-state index is 11.7. The van der Waals surface area contributed by atoms with Crippen LogP contribution >= 0.6 is 0 Å². The lowest BCUT2D eigenvalue weighted by molar-refractivity contribution is -0.138. The number of hydrogen-bond acceptors (Lipinski definition) is 3. The van der Waals surface area contributed by atoms with Gasteiger partial charge in [-0.3, -0.25) is 4.79 Å². The van der Waals surface area contributed by atoms with Crippen LogP contribution < -0.4 is 0 Å². The van der Waals surface area contributed by atoms with Gasteiger partial charge in [0, 0.05) is 12.5 Å². The second-order valence-corrected chi connectivity index (χ2v) is 7.47. The molecule has 0 aliphatic heterocycles. The smallest absolute Gasteiger partial charge is 0.330 e. The van der Waals surface area contributed by atoms with E-state index < -0.39 is 5.97 Å². The lowest BCUT2D eigenvalue weighted by atomic mass is 10.0. The molecule has 0 saturated heterocycles. The highest BCUT2D eigenvalue weighted by Gasteiger charge is 2.01. The topological polar surface area (TPSA) is 43.4 Å². The molecule has 27 heavy (non-hydrogen) atoms. The number of esters is 1. The van der Waals surface area contributed by atoms with Crippen molar-refractivity contribution in [2.75, 3.05) is 6.61 Å². The fourth-order valence-corrected chi connectivity index (χ4v) is 2.96.